The van der Waals surface area contributed by atoms with E-state index in [0.29, 0.717) is 6.54 Å². The molecule has 0 radical (unpaired) electrons. The second-order valence-electron chi connectivity index (χ2n) is 6.21. The molecule has 0 bridgehead atoms. The van der Waals surface area contributed by atoms with Crippen molar-refractivity contribution in [1.82, 2.24) is 20.8 Å². The van der Waals surface area contributed by atoms with Crippen LogP contribution < -0.4 is 10.6 Å². The van der Waals surface area contributed by atoms with Crippen molar-refractivity contribution in [2.75, 3.05) is 19.7 Å². The number of fused-ring (bicyclic) bond motifs is 2. The minimum atomic E-state index is -0.182. The fourth-order valence-corrected chi connectivity index (χ4v) is 5.36. The van der Waals surface area contributed by atoms with Crippen LogP contribution in [-0.2, 0) is 23.3 Å². The molecular formula is C16H20N4O2S2. The molecule has 4 heterocycles. The Morgan fingerprint density at radius 3 is 2.96 bits per heavy atom. The maximum Gasteiger partial charge on any atom is 0.261 e. The summed E-state index contributed by atoms with van der Waals surface area (Å²) in [5.41, 5.74) is 1.10. The van der Waals surface area contributed by atoms with Crippen molar-refractivity contribution < 1.29 is 9.53 Å². The first-order valence-electron chi connectivity index (χ1n) is 8.21. The van der Waals surface area contributed by atoms with Gasteiger partial charge in [0.2, 0.25) is 0 Å². The third kappa shape index (κ3) is 2.99. The first-order chi connectivity index (χ1) is 11.7. The van der Waals surface area contributed by atoms with E-state index in [1.54, 1.807) is 11.3 Å². The van der Waals surface area contributed by atoms with Crippen LogP contribution in [0.4, 0.5) is 0 Å². The molecule has 1 amide bonds. The van der Waals surface area contributed by atoms with Gasteiger partial charge in [0, 0.05) is 4.88 Å². The van der Waals surface area contributed by atoms with Gasteiger partial charge in [-0.15, -0.1) is 21.5 Å². The lowest BCUT2D eigenvalue weighted by molar-refractivity contribution is -0.0771. The number of amides is 1. The van der Waals surface area contributed by atoms with Gasteiger partial charge in [0.15, 0.2) is 0 Å². The number of hydrogen-bond donors (Lipinski definition) is 2. The molecule has 8 heteroatoms. The van der Waals surface area contributed by atoms with Crippen molar-refractivity contribution in [2.45, 2.75) is 38.3 Å². The van der Waals surface area contributed by atoms with Gasteiger partial charge in [0.25, 0.3) is 5.91 Å². The number of piperidine rings is 1. The lowest BCUT2D eigenvalue weighted by Gasteiger charge is -2.40. The summed E-state index contributed by atoms with van der Waals surface area (Å²) in [6.07, 6.45) is 2.85. The van der Waals surface area contributed by atoms with Crippen LogP contribution in [0.1, 0.15) is 43.0 Å². The molecule has 0 aromatic carbocycles. The van der Waals surface area contributed by atoms with Gasteiger partial charge in [-0.25, -0.2) is 0 Å². The van der Waals surface area contributed by atoms with E-state index in [1.807, 2.05) is 13.0 Å². The highest BCUT2D eigenvalue weighted by molar-refractivity contribution is 7.14. The van der Waals surface area contributed by atoms with E-state index in [4.69, 9.17) is 4.74 Å². The molecule has 1 spiro atoms. The monoisotopic (exact) mass is 364 g/mol. The zero-order valence-corrected chi connectivity index (χ0v) is 15.2. The van der Waals surface area contributed by atoms with Crippen molar-refractivity contribution in [1.29, 1.82) is 0 Å². The van der Waals surface area contributed by atoms with Gasteiger partial charge >= 0.3 is 0 Å². The Bertz CT molecular complexity index is 749. The molecule has 2 aromatic heterocycles. The molecule has 0 saturated carbocycles. The van der Waals surface area contributed by atoms with Crippen molar-refractivity contribution >= 4 is 28.6 Å². The molecular weight excluding hydrogens is 344 g/mol. The summed E-state index contributed by atoms with van der Waals surface area (Å²) in [6.45, 7) is 5.02. The quantitative estimate of drug-likeness (QED) is 0.871. The lowest BCUT2D eigenvalue weighted by Crippen LogP contribution is -2.43. The average Bonchev–Trinajstić information content (AvgIpc) is 3.21. The number of nitrogens with one attached hydrogen (secondary N) is 2. The lowest BCUT2D eigenvalue weighted by atomic mass is 9.86. The van der Waals surface area contributed by atoms with Gasteiger partial charge < -0.3 is 15.4 Å². The van der Waals surface area contributed by atoms with E-state index in [0.717, 1.165) is 53.9 Å². The molecule has 6 nitrogen and oxygen atoms in total. The SMILES string of the molecule is Cc1nnc(CNC(=O)c2cc3c(s2)C2(CCNCC2)OCC3)s1. The Morgan fingerprint density at radius 2 is 2.21 bits per heavy atom. The molecule has 24 heavy (non-hydrogen) atoms. The number of aryl methyl sites for hydroxylation is 1. The third-order valence-corrected chi connectivity index (χ3v) is 6.78. The highest BCUT2D eigenvalue weighted by Crippen LogP contribution is 2.44. The number of rotatable bonds is 3. The smallest absolute Gasteiger partial charge is 0.261 e. The zero-order chi connectivity index (χ0) is 16.6. The van der Waals surface area contributed by atoms with Crippen molar-refractivity contribution in [3.8, 4) is 0 Å². The van der Waals surface area contributed by atoms with E-state index >= 15 is 0 Å². The summed E-state index contributed by atoms with van der Waals surface area (Å²) in [7, 11) is 0. The maximum atomic E-state index is 12.5. The molecule has 1 saturated heterocycles. The summed E-state index contributed by atoms with van der Waals surface area (Å²) in [5, 5.41) is 16.1. The normalized spacial score (nSPS) is 19.2. The zero-order valence-electron chi connectivity index (χ0n) is 13.6. The molecule has 0 unspecified atom stereocenters. The van der Waals surface area contributed by atoms with Gasteiger partial charge in [-0.3, -0.25) is 4.79 Å². The molecule has 128 valence electrons. The van der Waals surface area contributed by atoms with E-state index in [2.05, 4.69) is 20.8 Å². The molecule has 1 fully saturated rings. The second kappa shape index (κ2) is 6.51. The van der Waals surface area contributed by atoms with Gasteiger partial charge in [0.1, 0.15) is 15.6 Å². The van der Waals surface area contributed by atoms with Crippen molar-refractivity contribution in [3.63, 3.8) is 0 Å². The van der Waals surface area contributed by atoms with Gasteiger partial charge in [0.05, 0.1) is 18.0 Å². The van der Waals surface area contributed by atoms with E-state index in [9.17, 15) is 4.79 Å². The minimum absolute atomic E-state index is 0.0358. The maximum absolute atomic E-state index is 12.5. The topological polar surface area (TPSA) is 76.1 Å². The van der Waals surface area contributed by atoms with Crippen LogP contribution in [0.25, 0.3) is 0 Å². The number of carbonyl (C=O) groups excluding carboxylic acids is 1. The molecule has 2 N–H and O–H groups in total. The van der Waals surface area contributed by atoms with Crippen LogP contribution in [0.2, 0.25) is 0 Å². The standard InChI is InChI=1S/C16H20N4O2S2/c1-10-19-20-13(23-10)9-18-15(21)12-8-11-2-7-22-16(14(11)24-12)3-5-17-6-4-16/h8,17H,2-7,9H2,1H3,(H,18,21). The average molecular weight is 364 g/mol. The van der Waals surface area contributed by atoms with Crippen molar-refractivity contribution in [3.05, 3.63) is 31.4 Å². The first-order valence-corrected chi connectivity index (χ1v) is 9.85. The van der Waals surface area contributed by atoms with Crippen LogP contribution >= 0.6 is 22.7 Å². The Labute approximate surface area is 148 Å². The fraction of sp³-hybridized carbons (Fsp3) is 0.562. The van der Waals surface area contributed by atoms with Crippen LogP contribution in [0.3, 0.4) is 0 Å². The number of nitrogens with zero attached hydrogens (tertiary/aromatic N) is 2. The molecule has 2 aromatic rings. The van der Waals surface area contributed by atoms with E-state index in [1.165, 1.54) is 21.8 Å². The highest BCUT2D eigenvalue weighted by Gasteiger charge is 2.41. The number of aromatic nitrogens is 2. The summed E-state index contributed by atoms with van der Waals surface area (Å²) in [6, 6.07) is 2.05. The number of ether oxygens (including phenoxy) is 1. The Kier molecular flexibility index (Phi) is 4.38. The van der Waals surface area contributed by atoms with Crippen LogP contribution in [-0.4, -0.2) is 35.8 Å². The summed E-state index contributed by atoms with van der Waals surface area (Å²) >= 11 is 3.10. The molecule has 2 aliphatic heterocycles. The summed E-state index contributed by atoms with van der Waals surface area (Å²) < 4.78 is 6.18. The van der Waals surface area contributed by atoms with Crippen LogP contribution in [0.15, 0.2) is 6.07 Å². The first kappa shape index (κ1) is 16.1. The predicted octanol–water partition coefficient (Wildman–Crippen LogP) is 1.99. The van der Waals surface area contributed by atoms with E-state index in [-0.39, 0.29) is 11.5 Å². The number of carbonyl (C=O) groups is 1. The Morgan fingerprint density at radius 1 is 1.38 bits per heavy atom. The molecule has 0 atom stereocenters. The number of thiophene rings is 1. The van der Waals surface area contributed by atoms with Crippen LogP contribution in [0.5, 0.6) is 0 Å². The molecule has 0 aliphatic carbocycles. The molecule has 2 aliphatic rings. The predicted molar refractivity (Wildman–Crippen MR) is 93.6 cm³/mol. The minimum Gasteiger partial charge on any atom is -0.369 e. The third-order valence-electron chi connectivity index (χ3n) is 4.58. The Hall–Kier alpha value is -1.35. The Balaban J connectivity index is 1.51. The van der Waals surface area contributed by atoms with Crippen molar-refractivity contribution in [2.24, 2.45) is 0 Å². The van der Waals surface area contributed by atoms with Gasteiger partial charge in [-0.05, 0) is 50.9 Å². The van der Waals surface area contributed by atoms with Gasteiger partial charge in [-0.1, -0.05) is 11.3 Å². The number of hydrogen-bond acceptors (Lipinski definition) is 7. The summed E-state index contributed by atoms with van der Waals surface area (Å²) in [4.78, 5) is 14.5. The largest absolute Gasteiger partial charge is 0.369 e. The van der Waals surface area contributed by atoms with Crippen LogP contribution in [0, 0.1) is 6.92 Å². The van der Waals surface area contributed by atoms with E-state index < -0.39 is 0 Å². The van der Waals surface area contributed by atoms with Gasteiger partial charge in [-0.2, -0.15) is 0 Å². The highest BCUT2D eigenvalue weighted by atomic mass is 32.1. The molecule has 4 rings (SSSR count). The summed E-state index contributed by atoms with van der Waals surface area (Å²) in [5.74, 6) is -0.0358. The second-order valence-corrected chi connectivity index (χ2v) is 8.52. The fourth-order valence-electron chi connectivity index (χ4n) is 3.39.